The number of rotatable bonds is 3. The first-order valence-electron chi connectivity index (χ1n) is 4.18. The van der Waals surface area contributed by atoms with E-state index in [1.165, 1.54) is 11.1 Å². The molecule has 0 fully saturated rings. The molecule has 0 amide bonds. The van der Waals surface area contributed by atoms with Gasteiger partial charge in [-0.05, 0) is 19.3 Å². The van der Waals surface area contributed by atoms with E-state index in [1.54, 1.807) is 0 Å². The van der Waals surface area contributed by atoms with Crippen LogP contribution in [-0.4, -0.2) is 10.2 Å². The maximum absolute atomic E-state index is 3.17. The zero-order valence-electron chi connectivity index (χ0n) is 7.62. The van der Waals surface area contributed by atoms with Gasteiger partial charge in [-0.2, -0.15) is 0 Å². The molecule has 0 rings (SSSR count). The number of hydrogen-bond donors (Lipinski definition) is 0. The fourth-order valence-electron chi connectivity index (χ4n) is 1.18. The van der Waals surface area contributed by atoms with Gasteiger partial charge >= 0.3 is 0 Å². The van der Waals surface area contributed by atoms with Crippen LogP contribution in [0.4, 0.5) is 0 Å². The van der Waals surface area contributed by atoms with E-state index in [2.05, 4.69) is 42.5 Å². The Morgan fingerprint density at radius 3 is 1.91 bits per heavy atom. The van der Waals surface area contributed by atoms with E-state index in [9.17, 15) is 0 Å². The SMILES string of the molecule is CCC(C#C[Si])=C(CC)CC. The monoisotopic (exact) mass is 163 g/mol. The average molecular weight is 163 g/mol. The van der Waals surface area contributed by atoms with Gasteiger partial charge in [-0.15, -0.1) is 5.54 Å². The minimum Gasteiger partial charge on any atom is -0.133 e. The van der Waals surface area contributed by atoms with Crippen LogP contribution in [0.25, 0.3) is 0 Å². The summed E-state index contributed by atoms with van der Waals surface area (Å²) in [4.78, 5) is 0. The van der Waals surface area contributed by atoms with Gasteiger partial charge in [0.15, 0.2) is 0 Å². The molecule has 0 aromatic carbocycles. The molecule has 0 heterocycles. The van der Waals surface area contributed by atoms with Gasteiger partial charge in [-0.25, -0.2) is 0 Å². The van der Waals surface area contributed by atoms with E-state index in [-0.39, 0.29) is 0 Å². The first kappa shape index (κ1) is 10.5. The highest BCUT2D eigenvalue weighted by molar-refractivity contribution is 6.22. The Hall–Kier alpha value is -0.483. The number of hydrogen-bond acceptors (Lipinski definition) is 0. The molecule has 11 heavy (non-hydrogen) atoms. The van der Waals surface area contributed by atoms with E-state index < -0.39 is 0 Å². The van der Waals surface area contributed by atoms with Gasteiger partial charge in [0.05, 0.1) is 0 Å². The van der Waals surface area contributed by atoms with Crippen LogP contribution in [0.2, 0.25) is 0 Å². The molecule has 3 radical (unpaired) electrons. The summed E-state index contributed by atoms with van der Waals surface area (Å²) in [7, 11) is 3.17. The molecule has 0 atom stereocenters. The van der Waals surface area contributed by atoms with Crippen LogP contribution in [0.5, 0.6) is 0 Å². The van der Waals surface area contributed by atoms with Gasteiger partial charge in [-0.1, -0.05) is 32.3 Å². The Morgan fingerprint density at radius 2 is 1.64 bits per heavy atom. The molecule has 0 saturated carbocycles. The molecule has 1 heteroatoms. The molecule has 0 aromatic heterocycles. The second-order valence-electron chi connectivity index (χ2n) is 2.39. The summed E-state index contributed by atoms with van der Waals surface area (Å²) < 4.78 is 0. The molecule has 0 spiro atoms. The van der Waals surface area contributed by atoms with Crippen molar-refractivity contribution in [1.29, 1.82) is 0 Å². The smallest absolute Gasteiger partial charge is 0.133 e. The molecular weight excluding hydrogens is 148 g/mol. The molecule has 0 N–H and O–H groups in total. The van der Waals surface area contributed by atoms with Gasteiger partial charge in [0.1, 0.15) is 10.2 Å². The molecule has 0 unspecified atom stereocenters. The molecule has 0 bridgehead atoms. The highest BCUT2D eigenvalue weighted by Crippen LogP contribution is 2.14. The first-order valence-corrected chi connectivity index (χ1v) is 4.68. The second kappa shape index (κ2) is 6.24. The summed E-state index contributed by atoms with van der Waals surface area (Å²) in [6.45, 7) is 6.52. The van der Waals surface area contributed by atoms with Crippen molar-refractivity contribution in [2.24, 2.45) is 0 Å². The minimum atomic E-state index is 1.05. The summed E-state index contributed by atoms with van der Waals surface area (Å²) in [6, 6.07) is 0. The van der Waals surface area contributed by atoms with Gasteiger partial charge < -0.3 is 0 Å². The average Bonchev–Trinajstić information content (AvgIpc) is 2.05. The second-order valence-corrected chi connectivity index (χ2v) is 2.64. The molecule has 0 aromatic rings. The molecule has 0 aliphatic carbocycles. The third kappa shape index (κ3) is 3.43. The molecule has 0 aliphatic heterocycles. The van der Waals surface area contributed by atoms with Crippen LogP contribution >= 0.6 is 0 Å². The normalized spacial score (nSPS) is 8.36. The molecular formula is C10H15Si. The van der Waals surface area contributed by atoms with Crippen molar-refractivity contribution in [2.45, 2.75) is 40.0 Å². The highest BCUT2D eigenvalue weighted by atomic mass is 28.1. The highest BCUT2D eigenvalue weighted by Gasteiger charge is 1.96. The van der Waals surface area contributed by atoms with Gasteiger partial charge in [0, 0.05) is 5.57 Å². The molecule has 59 valence electrons. The van der Waals surface area contributed by atoms with Crippen molar-refractivity contribution in [1.82, 2.24) is 0 Å². The van der Waals surface area contributed by atoms with Crippen molar-refractivity contribution < 1.29 is 0 Å². The van der Waals surface area contributed by atoms with Crippen LogP contribution in [0.3, 0.4) is 0 Å². The Balaban J connectivity index is 4.57. The standard InChI is InChI=1S/C10H15Si/c1-4-9(5-2)10(6-3)7-8-11/h4-6H2,1-3H3. The third-order valence-electron chi connectivity index (χ3n) is 1.85. The van der Waals surface area contributed by atoms with Crippen molar-refractivity contribution in [3.05, 3.63) is 11.1 Å². The Bertz CT molecular complexity index is 185. The van der Waals surface area contributed by atoms with E-state index in [0.29, 0.717) is 0 Å². The van der Waals surface area contributed by atoms with Crippen molar-refractivity contribution in [3.63, 3.8) is 0 Å². The maximum Gasteiger partial charge on any atom is 0.147 e. The molecule has 0 nitrogen and oxygen atoms in total. The van der Waals surface area contributed by atoms with Gasteiger partial charge in [0.25, 0.3) is 0 Å². The Morgan fingerprint density at radius 1 is 1.09 bits per heavy atom. The molecule has 0 aliphatic rings. The zero-order chi connectivity index (χ0) is 8.69. The van der Waals surface area contributed by atoms with Crippen molar-refractivity contribution >= 4 is 10.2 Å². The van der Waals surface area contributed by atoms with Crippen LogP contribution in [0, 0.1) is 11.5 Å². The summed E-state index contributed by atoms with van der Waals surface area (Å²) >= 11 is 0. The lowest BCUT2D eigenvalue weighted by Gasteiger charge is -2.03. The Labute approximate surface area is 73.5 Å². The van der Waals surface area contributed by atoms with Crippen LogP contribution in [0.15, 0.2) is 11.1 Å². The van der Waals surface area contributed by atoms with Crippen LogP contribution < -0.4 is 0 Å². The Kier molecular flexibility index (Phi) is 5.97. The summed E-state index contributed by atoms with van der Waals surface area (Å²) in [5.41, 5.74) is 5.55. The van der Waals surface area contributed by atoms with Gasteiger partial charge in [0.2, 0.25) is 0 Å². The van der Waals surface area contributed by atoms with Gasteiger partial charge in [-0.3, -0.25) is 0 Å². The van der Waals surface area contributed by atoms with E-state index in [4.69, 9.17) is 0 Å². The molecule has 0 saturated heterocycles. The quantitative estimate of drug-likeness (QED) is 0.443. The van der Waals surface area contributed by atoms with E-state index in [0.717, 1.165) is 19.3 Å². The summed E-state index contributed by atoms with van der Waals surface area (Å²) in [5.74, 6) is 3.08. The lowest BCUT2D eigenvalue weighted by molar-refractivity contribution is 0.935. The fourth-order valence-corrected chi connectivity index (χ4v) is 1.33. The summed E-state index contributed by atoms with van der Waals surface area (Å²) in [5, 5.41) is 0. The van der Waals surface area contributed by atoms with E-state index >= 15 is 0 Å². The predicted molar refractivity (Wildman–Crippen MR) is 51.4 cm³/mol. The van der Waals surface area contributed by atoms with E-state index in [1.807, 2.05) is 0 Å². The largest absolute Gasteiger partial charge is 0.147 e. The first-order chi connectivity index (χ1) is 5.29. The minimum absolute atomic E-state index is 1.05. The topological polar surface area (TPSA) is 0 Å². The lowest BCUT2D eigenvalue weighted by Crippen LogP contribution is -1.86. The van der Waals surface area contributed by atoms with Crippen LogP contribution in [0.1, 0.15) is 40.0 Å². The van der Waals surface area contributed by atoms with Crippen molar-refractivity contribution in [2.75, 3.05) is 0 Å². The fraction of sp³-hybridized carbons (Fsp3) is 0.600. The lowest BCUT2D eigenvalue weighted by atomic mass is 10.0. The van der Waals surface area contributed by atoms with Crippen molar-refractivity contribution in [3.8, 4) is 11.5 Å². The number of allylic oxidation sites excluding steroid dienone is 2. The maximum atomic E-state index is 3.17. The van der Waals surface area contributed by atoms with Crippen LogP contribution in [-0.2, 0) is 0 Å². The predicted octanol–water partition coefficient (Wildman–Crippen LogP) is 2.64. The zero-order valence-corrected chi connectivity index (χ0v) is 8.62. The third-order valence-corrected chi connectivity index (χ3v) is 1.97. The summed E-state index contributed by atoms with van der Waals surface area (Å²) in [6.07, 6.45) is 3.30.